The minimum Gasteiger partial charge on any atom is -0.495 e. The number of anilines is 1. The molecule has 0 aliphatic carbocycles. The highest BCUT2D eigenvalue weighted by Crippen LogP contribution is 2.29. The Bertz CT molecular complexity index is 527. The lowest BCUT2D eigenvalue weighted by Gasteiger charge is -2.24. The topological polar surface area (TPSA) is 58.6 Å². The van der Waals surface area contributed by atoms with Crippen LogP contribution in [-0.4, -0.2) is 32.0 Å². The Hall–Kier alpha value is -2.04. The zero-order valence-corrected chi connectivity index (χ0v) is 14.1. The maximum absolute atomic E-state index is 11.9. The highest BCUT2D eigenvalue weighted by molar-refractivity contribution is 5.93. The Labute approximate surface area is 132 Å². The first-order valence-electron chi connectivity index (χ1n) is 7.54. The molecule has 0 atom stereocenters. The molecule has 1 N–H and O–H groups in total. The summed E-state index contributed by atoms with van der Waals surface area (Å²) in [6.45, 7) is 8.31. The Kier molecular flexibility index (Phi) is 6.89. The fourth-order valence-corrected chi connectivity index (χ4v) is 2.21. The Balaban J connectivity index is 2.77. The van der Waals surface area contributed by atoms with E-state index in [9.17, 15) is 9.59 Å². The molecule has 5 nitrogen and oxygen atoms in total. The maximum atomic E-state index is 11.9. The van der Waals surface area contributed by atoms with Crippen molar-refractivity contribution in [2.24, 2.45) is 5.92 Å². The molecule has 1 aromatic rings. The molecule has 0 saturated heterocycles. The van der Waals surface area contributed by atoms with Gasteiger partial charge in [0.25, 0.3) is 0 Å². The van der Waals surface area contributed by atoms with Crippen molar-refractivity contribution >= 4 is 17.5 Å². The minimum atomic E-state index is -0.0815. The van der Waals surface area contributed by atoms with E-state index in [-0.39, 0.29) is 11.8 Å². The zero-order chi connectivity index (χ0) is 16.7. The number of hydrogen-bond donors (Lipinski definition) is 1. The molecule has 0 heterocycles. The third-order valence-corrected chi connectivity index (χ3v) is 3.26. The van der Waals surface area contributed by atoms with Crippen LogP contribution in [0.4, 0.5) is 5.69 Å². The van der Waals surface area contributed by atoms with Gasteiger partial charge in [0.1, 0.15) is 5.75 Å². The van der Waals surface area contributed by atoms with E-state index < -0.39 is 0 Å². The number of amides is 2. The molecule has 0 aliphatic rings. The first-order chi connectivity index (χ1) is 10.3. The number of nitrogens with one attached hydrogen (secondary N) is 1. The molecule has 0 spiro atoms. The van der Waals surface area contributed by atoms with Crippen molar-refractivity contribution in [1.29, 1.82) is 0 Å². The summed E-state index contributed by atoms with van der Waals surface area (Å²) in [5, 5.41) is 2.85. The van der Waals surface area contributed by atoms with Crippen LogP contribution in [0.15, 0.2) is 18.2 Å². The number of aryl methyl sites for hydroxylation is 1. The van der Waals surface area contributed by atoms with Crippen molar-refractivity contribution in [3.8, 4) is 5.75 Å². The van der Waals surface area contributed by atoms with Crippen LogP contribution in [0.2, 0.25) is 0 Å². The minimum absolute atomic E-state index is 0.00899. The van der Waals surface area contributed by atoms with Gasteiger partial charge in [-0.25, -0.2) is 0 Å². The molecular weight excluding hydrogens is 280 g/mol. The SMILES string of the molecule is COc1ccc(C)cc1N(CCNC(=O)CC(C)C)C(C)=O. The first-order valence-corrected chi connectivity index (χ1v) is 7.54. The number of rotatable bonds is 7. The molecule has 1 aromatic carbocycles. The molecule has 0 aliphatic heterocycles. The summed E-state index contributed by atoms with van der Waals surface area (Å²) in [5.41, 5.74) is 1.78. The lowest BCUT2D eigenvalue weighted by atomic mass is 10.1. The van der Waals surface area contributed by atoms with Gasteiger partial charge < -0.3 is 15.0 Å². The number of methoxy groups -OCH3 is 1. The Morgan fingerprint density at radius 1 is 1.32 bits per heavy atom. The lowest BCUT2D eigenvalue weighted by Crippen LogP contribution is -2.38. The van der Waals surface area contributed by atoms with Gasteiger partial charge in [0.15, 0.2) is 0 Å². The van der Waals surface area contributed by atoms with Crippen LogP contribution >= 0.6 is 0 Å². The maximum Gasteiger partial charge on any atom is 0.224 e. The predicted molar refractivity (Wildman–Crippen MR) is 88.2 cm³/mol. The first kappa shape index (κ1) is 18.0. The van der Waals surface area contributed by atoms with Gasteiger partial charge in [0.05, 0.1) is 12.8 Å². The number of carbonyl (C=O) groups excluding carboxylic acids is 2. The van der Waals surface area contributed by atoms with Crippen LogP contribution in [0.25, 0.3) is 0 Å². The average molecular weight is 306 g/mol. The molecule has 122 valence electrons. The fraction of sp³-hybridized carbons (Fsp3) is 0.529. The molecule has 22 heavy (non-hydrogen) atoms. The number of benzene rings is 1. The van der Waals surface area contributed by atoms with Crippen LogP contribution in [0, 0.1) is 12.8 Å². The van der Waals surface area contributed by atoms with Gasteiger partial charge in [-0.3, -0.25) is 9.59 Å². The molecule has 0 fully saturated rings. The van der Waals surface area contributed by atoms with Gasteiger partial charge in [-0.2, -0.15) is 0 Å². The smallest absolute Gasteiger partial charge is 0.224 e. The van der Waals surface area contributed by atoms with Crippen LogP contribution in [-0.2, 0) is 9.59 Å². The largest absolute Gasteiger partial charge is 0.495 e. The molecular formula is C17H26N2O3. The molecule has 0 unspecified atom stereocenters. The number of ether oxygens (including phenoxy) is 1. The molecule has 0 aromatic heterocycles. The third kappa shape index (κ3) is 5.39. The fourth-order valence-electron chi connectivity index (χ4n) is 2.21. The normalized spacial score (nSPS) is 10.5. The van der Waals surface area contributed by atoms with E-state index in [1.165, 1.54) is 6.92 Å². The van der Waals surface area contributed by atoms with Crippen molar-refractivity contribution < 1.29 is 14.3 Å². The second-order valence-corrected chi connectivity index (χ2v) is 5.79. The van der Waals surface area contributed by atoms with Crippen molar-refractivity contribution in [1.82, 2.24) is 5.32 Å². The third-order valence-electron chi connectivity index (χ3n) is 3.26. The Morgan fingerprint density at radius 3 is 2.55 bits per heavy atom. The monoisotopic (exact) mass is 306 g/mol. The molecule has 1 rings (SSSR count). The summed E-state index contributed by atoms with van der Waals surface area (Å²) in [4.78, 5) is 25.2. The molecule has 0 radical (unpaired) electrons. The van der Waals surface area contributed by atoms with E-state index in [0.29, 0.717) is 31.2 Å². The van der Waals surface area contributed by atoms with Crippen LogP contribution < -0.4 is 15.0 Å². The summed E-state index contributed by atoms with van der Waals surface area (Å²) >= 11 is 0. The van der Waals surface area contributed by atoms with Gasteiger partial charge in [0, 0.05) is 26.4 Å². The number of hydrogen-bond acceptors (Lipinski definition) is 3. The van der Waals surface area contributed by atoms with Crippen LogP contribution in [0.1, 0.15) is 32.8 Å². The van der Waals surface area contributed by atoms with Crippen molar-refractivity contribution in [3.63, 3.8) is 0 Å². The van der Waals surface area contributed by atoms with Crippen molar-refractivity contribution in [3.05, 3.63) is 23.8 Å². The number of carbonyl (C=O) groups is 2. The van der Waals surface area contributed by atoms with Gasteiger partial charge in [-0.1, -0.05) is 19.9 Å². The van der Waals surface area contributed by atoms with Crippen LogP contribution in [0.5, 0.6) is 5.75 Å². The number of nitrogens with zero attached hydrogens (tertiary/aromatic N) is 1. The van der Waals surface area contributed by atoms with Gasteiger partial charge in [-0.15, -0.1) is 0 Å². The van der Waals surface area contributed by atoms with Gasteiger partial charge in [-0.05, 0) is 30.5 Å². The van der Waals surface area contributed by atoms with Crippen molar-refractivity contribution in [2.45, 2.75) is 34.1 Å². The summed E-state index contributed by atoms with van der Waals surface area (Å²) in [7, 11) is 1.58. The standard InChI is InChI=1S/C17H26N2O3/c1-12(2)10-17(21)18-8-9-19(14(4)20)15-11-13(3)6-7-16(15)22-5/h6-7,11-12H,8-10H2,1-5H3,(H,18,21). The van der Waals surface area contributed by atoms with E-state index in [1.54, 1.807) is 12.0 Å². The molecule has 2 amide bonds. The Morgan fingerprint density at radius 2 is 2.00 bits per heavy atom. The van der Waals surface area contributed by atoms with Crippen molar-refractivity contribution in [2.75, 3.05) is 25.1 Å². The summed E-state index contributed by atoms with van der Waals surface area (Å²) in [5.74, 6) is 0.895. The zero-order valence-electron chi connectivity index (χ0n) is 14.1. The van der Waals surface area contributed by atoms with Crippen LogP contribution in [0.3, 0.4) is 0 Å². The predicted octanol–water partition coefficient (Wildman–Crippen LogP) is 2.52. The summed E-state index contributed by atoms with van der Waals surface area (Å²) in [6.07, 6.45) is 0.494. The summed E-state index contributed by atoms with van der Waals surface area (Å²) < 4.78 is 5.33. The van der Waals surface area contributed by atoms with Gasteiger partial charge >= 0.3 is 0 Å². The highest BCUT2D eigenvalue weighted by atomic mass is 16.5. The van der Waals surface area contributed by atoms with E-state index >= 15 is 0 Å². The van der Waals surface area contributed by atoms with Gasteiger partial charge in [0.2, 0.25) is 11.8 Å². The summed E-state index contributed by atoms with van der Waals surface area (Å²) in [6, 6.07) is 5.69. The quantitative estimate of drug-likeness (QED) is 0.842. The average Bonchev–Trinajstić information content (AvgIpc) is 2.42. The molecule has 0 bridgehead atoms. The van der Waals surface area contributed by atoms with E-state index in [4.69, 9.17) is 4.74 Å². The van der Waals surface area contributed by atoms with E-state index in [1.807, 2.05) is 39.0 Å². The van der Waals surface area contributed by atoms with E-state index in [0.717, 1.165) is 11.3 Å². The molecule has 5 heteroatoms. The lowest BCUT2D eigenvalue weighted by molar-refractivity contribution is -0.122. The second kappa shape index (κ2) is 8.41. The second-order valence-electron chi connectivity index (χ2n) is 5.79. The molecule has 0 saturated carbocycles. The highest BCUT2D eigenvalue weighted by Gasteiger charge is 2.16. The van der Waals surface area contributed by atoms with E-state index in [2.05, 4.69) is 5.32 Å².